The Morgan fingerprint density at radius 1 is 0.217 bits per heavy atom. The van der Waals surface area contributed by atoms with Crippen molar-refractivity contribution in [2.75, 3.05) is 14.7 Å². The van der Waals surface area contributed by atoms with Crippen molar-refractivity contribution in [3.63, 3.8) is 0 Å². The fourth-order valence-electron chi connectivity index (χ4n) is 7.87. The molecule has 60 heavy (non-hydrogen) atoms. The Morgan fingerprint density at radius 3 is 0.600 bits per heavy atom. The summed E-state index contributed by atoms with van der Waals surface area (Å²) in [5.41, 5.74) is 16.1. The molecule has 0 saturated carbocycles. The SMILES string of the molecule is CC(C)c1ccc(N(c2ccc(-c3ccc(N(c4ccccc4)c4ccccc4)cc3)cc2)c2ccc(-c3ccc(N(c4ccccc4)c4ccccc4)cc3)cc2)cc1. The van der Waals surface area contributed by atoms with E-state index in [4.69, 9.17) is 0 Å². The van der Waals surface area contributed by atoms with Crippen LogP contribution in [0, 0.1) is 0 Å². The average Bonchev–Trinajstić information content (AvgIpc) is 3.32. The van der Waals surface area contributed by atoms with Crippen molar-refractivity contribution >= 4 is 51.2 Å². The Balaban J connectivity index is 0.994. The molecule has 0 N–H and O–H groups in total. The van der Waals surface area contributed by atoms with E-state index in [2.05, 4.69) is 271 Å². The van der Waals surface area contributed by atoms with Crippen LogP contribution in [0.3, 0.4) is 0 Å². The number of rotatable bonds is 12. The molecule has 0 spiro atoms. The van der Waals surface area contributed by atoms with Gasteiger partial charge in [0.1, 0.15) is 0 Å². The number of benzene rings is 9. The van der Waals surface area contributed by atoms with Gasteiger partial charge in [-0.15, -0.1) is 0 Å². The van der Waals surface area contributed by atoms with E-state index in [-0.39, 0.29) is 0 Å². The third-order valence-electron chi connectivity index (χ3n) is 11.0. The van der Waals surface area contributed by atoms with Gasteiger partial charge in [0, 0.05) is 51.2 Å². The largest absolute Gasteiger partial charge is 0.311 e. The second-order valence-electron chi connectivity index (χ2n) is 15.3. The molecule has 0 unspecified atom stereocenters. The summed E-state index contributed by atoms with van der Waals surface area (Å²) in [6, 6.07) is 86.7. The van der Waals surface area contributed by atoms with E-state index in [9.17, 15) is 0 Å². The van der Waals surface area contributed by atoms with Gasteiger partial charge in [-0.1, -0.05) is 147 Å². The van der Waals surface area contributed by atoms with Gasteiger partial charge < -0.3 is 14.7 Å². The van der Waals surface area contributed by atoms with Crippen molar-refractivity contribution in [2.24, 2.45) is 0 Å². The van der Waals surface area contributed by atoms with Gasteiger partial charge >= 0.3 is 0 Å². The van der Waals surface area contributed by atoms with E-state index in [0.29, 0.717) is 5.92 Å². The molecule has 3 nitrogen and oxygen atoms in total. The van der Waals surface area contributed by atoms with Crippen molar-refractivity contribution in [3.05, 3.63) is 248 Å². The van der Waals surface area contributed by atoms with Crippen molar-refractivity contribution < 1.29 is 0 Å². The van der Waals surface area contributed by atoms with E-state index < -0.39 is 0 Å². The molecule has 290 valence electrons. The van der Waals surface area contributed by atoms with E-state index in [1.54, 1.807) is 0 Å². The maximum atomic E-state index is 2.35. The number of hydrogen-bond acceptors (Lipinski definition) is 3. The number of anilines is 9. The molecule has 0 fully saturated rings. The minimum Gasteiger partial charge on any atom is -0.311 e. The molecule has 0 amide bonds. The first-order chi connectivity index (χ1) is 29.6. The van der Waals surface area contributed by atoms with Gasteiger partial charge in [-0.3, -0.25) is 0 Å². The summed E-state index contributed by atoms with van der Waals surface area (Å²) in [6.07, 6.45) is 0. The zero-order valence-corrected chi connectivity index (χ0v) is 34.0. The lowest BCUT2D eigenvalue weighted by Crippen LogP contribution is -2.10. The highest BCUT2D eigenvalue weighted by molar-refractivity contribution is 5.83. The van der Waals surface area contributed by atoms with E-state index in [1.807, 2.05) is 0 Å². The zero-order valence-electron chi connectivity index (χ0n) is 34.0. The van der Waals surface area contributed by atoms with Gasteiger partial charge in [-0.05, 0) is 143 Å². The Bertz CT molecular complexity index is 2470. The van der Waals surface area contributed by atoms with E-state index in [1.165, 1.54) is 27.8 Å². The molecule has 0 bridgehead atoms. The summed E-state index contributed by atoms with van der Waals surface area (Å²) in [6.45, 7) is 4.48. The molecular formula is C57H47N3. The maximum absolute atomic E-state index is 2.35. The fraction of sp³-hybridized carbons (Fsp3) is 0.0526. The molecule has 0 radical (unpaired) electrons. The summed E-state index contributed by atoms with van der Waals surface area (Å²) >= 11 is 0. The lowest BCUT2D eigenvalue weighted by Gasteiger charge is -2.27. The topological polar surface area (TPSA) is 9.72 Å². The summed E-state index contributed by atoms with van der Waals surface area (Å²) in [5.74, 6) is 0.462. The predicted molar refractivity (Wildman–Crippen MR) is 255 cm³/mol. The standard InChI is InChI=1S/C57H47N3/c1-43(2)44-23-33-53(34-24-44)60(56-39-29-47(30-40-56)45-25-35-54(36-26-45)58(49-15-7-3-8-16-49)50-17-9-4-10-18-50)57-41-31-48(32-42-57)46-27-37-55(38-28-46)59(51-19-11-5-12-20-51)52-21-13-6-14-22-52/h3-43H,1-2H3. The first kappa shape index (κ1) is 37.9. The van der Waals surface area contributed by atoms with Gasteiger partial charge in [-0.25, -0.2) is 0 Å². The number of hydrogen-bond donors (Lipinski definition) is 0. The van der Waals surface area contributed by atoms with Crippen LogP contribution in [0.2, 0.25) is 0 Å². The molecule has 0 aliphatic carbocycles. The molecule has 9 aromatic carbocycles. The Hall–Kier alpha value is -7.62. The minimum atomic E-state index is 0.462. The molecule has 3 heteroatoms. The van der Waals surface area contributed by atoms with E-state index >= 15 is 0 Å². The predicted octanol–water partition coefficient (Wildman–Crippen LogP) is 16.6. The normalized spacial score (nSPS) is 11.0. The third kappa shape index (κ3) is 8.20. The maximum Gasteiger partial charge on any atom is 0.0462 e. The molecular weight excluding hydrogens is 727 g/mol. The van der Waals surface area contributed by atoms with Crippen LogP contribution in [0.15, 0.2) is 243 Å². The molecule has 0 aromatic heterocycles. The quantitative estimate of drug-likeness (QED) is 0.122. The second-order valence-corrected chi connectivity index (χ2v) is 15.3. The van der Waals surface area contributed by atoms with Crippen LogP contribution in [0.1, 0.15) is 25.3 Å². The van der Waals surface area contributed by atoms with Gasteiger partial charge in [0.15, 0.2) is 0 Å². The van der Waals surface area contributed by atoms with Crippen LogP contribution in [0.4, 0.5) is 51.2 Å². The smallest absolute Gasteiger partial charge is 0.0462 e. The van der Waals surface area contributed by atoms with Crippen molar-refractivity contribution in [2.45, 2.75) is 19.8 Å². The lowest BCUT2D eigenvalue weighted by molar-refractivity contribution is 0.866. The molecule has 0 aliphatic rings. The summed E-state index contributed by atoms with van der Waals surface area (Å²) in [5, 5.41) is 0. The molecule has 9 aromatic rings. The van der Waals surface area contributed by atoms with E-state index in [0.717, 1.165) is 51.2 Å². The van der Waals surface area contributed by atoms with Crippen LogP contribution >= 0.6 is 0 Å². The molecule has 9 rings (SSSR count). The first-order valence-electron chi connectivity index (χ1n) is 20.7. The van der Waals surface area contributed by atoms with Crippen molar-refractivity contribution in [1.29, 1.82) is 0 Å². The monoisotopic (exact) mass is 773 g/mol. The summed E-state index contributed by atoms with van der Waals surface area (Å²) in [4.78, 5) is 6.93. The summed E-state index contributed by atoms with van der Waals surface area (Å²) in [7, 11) is 0. The van der Waals surface area contributed by atoms with Crippen LogP contribution in [-0.2, 0) is 0 Å². The average molecular weight is 774 g/mol. The Kier molecular flexibility index (Phi) is 11.0. The second kappa shape index (κ2) is 17.5. The highest BCUT2D eigenvalue weighted by Crippen LogP contribution is 2.40. The lowest BCUT2D eigenvalue weighted by atomic mass is 10.0. The van der Waals surface area contributed by atoms with Gasteiger partial charge in [0.25, 0.3) is 0 Å². The fourth-order valence-corrected chi connectivity index (χ4v) is 7.87. The summed E-state index contributed by atoms with van der Waals surface area (Å²) < 4.78 is 0. The number of nitrogens with zero attached hydrogens (tertiary/aromatic N) is 3. The van der Waals surface area contributed by atoms with Crippen LogP contribution in [0.5, 0.6) is 0 Å². The molecule has 0 aliphatic heterocycles. The van der Waals surface area contributed by atoms with Crippen molar-refractivity contribution in [1.82, 2.24) is 0 Å². The highest BCUT2D eigenvalue weighted by atomic mass is 15.2. The van der Waals surface area contributed by atoms with Crippen LogP contribution in [-0.4, -0.2) is 0 Å². The molecule has 0 heterocycles. The molecule has 0 saturated heterocycles. The number of para-hydroxylation sites is 4. The highest BCUT2D eigenvalue weighted by Gasteiger charge is 2.16. The van der Waals surface area contributed by atoms with Gasteiger partial charge in [0.2, 0.25) is 0 Å². The van der Waals surface area contributed by atoms with Crippen molar-refractivity contribution in [3.8, 4) is 22.3 Å². The van der Waals surface area contributed by atoms with Gasteiger partial charge in [-0.2, -0.15) is 0 Å². The Morgan fingerprint density at radius 2 is 0.400 bits per heavy atom. The first-order valence-corrected chi connectivity index (χ1v) is 20.7. The third-order valence-corrected chi connectivity index (χ3v) is 11.0. The van der Waals surface area contributed by atoms with Crippen LogP contribution in [0.25, 0.3) is 22.3 Å². The van der Waals surface area contributed by atoms with Gasteiger partial charge in [0.05, 0.1) is 0 Å². The minimum absolute atomic E-state index is 0.462. The van der Waals surface area contributed by atoms with Crippen LogP contribution < -0.4 is 14.7 Å². The zero-order chi connectivity index (χ0) is 40.7. The Labute approximate surface area is 354 Å². The molecule has 0 atom stereocenters.